The van der Waals surface area contributed by atoms with Gasteiger partial charge in [-0.05, 0) is 6.07 Å². The van der Waals surface area contributed by atoms with Crippen molar-refractivity contribution in [1.29, 1.82) is 0 Å². The van der Waals surface area contributed by atoms with Gasteiger partial charge in [-0.2, -0.15) is 0 Å². The van der Waals surface area contributed by atoms with Gasteiger partial charge in [0, 0.05) is 17.0 Å². The first kappa shape index (κ1) is 9.33. The normalized spacial score (nSPS) is 10.5. The summed E-state index contributed by atoms with van der Waals surface area (Å²) in [6.07, 6.45) is 1.97. The summed E-state index contributed by atoms with van der Waals surface area (Å²) in [7, 11) is 0. The average molecular weight is 200 g/mol. The van der Waals surface area contributed by atoms with E-state index in [1.807, 2.05) is 0 Å². The quantitative estimate of drug-likeness (QED) is 0.550. The molecule has 0 aliphatic heterocycles. The molecule has 1 heterocycles. The molecule has 6 nitrogen and oxygen atoms in total. The zero-order valence-corrected chi connectivity index (χ0v) is 7.06. The first-order chi connectivity index (χ1) is 6.09. The van der Waals surface area contributed by atoms with Crippen LogP contribution in [0.4, 0.5) is 5.00 Å². The Morgan fingerprint density at radius 2 is 2.00 bits per heavy atom. The van der Waals surface area contributed by atoms with E-state index in [2.05, 4.69) is 0 Å². The fourth-order valence-corrected chi connectivity index (χ4v) is 1.38. The van der Waals surface area contributed by atoms with Crippen LogP contribution in [0.25, 0.3) is 6.08 Å². The van der Waals surface area contributed by atoms with Crippen LogP contribution in [0.15, 0.2) is 18.3 Å². The number of nitrogens with zero attached hydrogens (tertiary/aromatic N) is 2. The Morgan fingerprint density at radius 3 is 2.46 bits per heavy atom. The minimum absolute atomic E-state index is 0.0250. The second-order valence-electron chi connectivity index (χ2n) is 2.03. The summed E-state index contributed by atoms with van der Waals surface area (Å²) in [6, 6.07) is 2.77. The lowest BCUT2D eigenvalue weighted by Gasteiger charge is -1.80. The largest absolute Gasteiger partial charge is 0.324 e. The summed E-state index contributed by atoms with van der Waals surface area (Å²) in [5.74, 6) is 0. The van der Waals surface area contributed by atoms with Gasteiger partial charge in [0.05, 0.1) is 9.85 Å². The lowest BCUT2D eigenvalue weighted by molar-refractivity contribution is -0.400. The van der Waals surface area contributed by atoms with Gasteiger partial charge in [0.1, 0.15) is 0 Å². The van der Waals surface area contributed by atoms with Gasteiger partial charge in [-0.15, -0.1) is 0 Å². The molecule has 1 rings (SSSR count). The molecule has 0 saturated heterocycles. The van der Waals surface area contributed by atoms with Gasteiger partial charge in [-0.25, -0.2) is 0 Å². The van der Waals surface area contributed by atoms with Crippen LogP contribution in [0.3, 0.4) is 0 Å². The maximum Gasteiger partial charge on any atom is 0.324 e. The Kier molecular flexibility index (Phi) is 2.70. The number of rotatable bonds is 3. The van der Waals surface area contributed by atoms with Crippen molar-refractivity contribution in [2.75, 3.05) is 0 Å². The second-order valence-corrected chi connectivity index (χ2v) is 3.13. The molecule has 0 spiro atoms. The van der Waals surface area contributed by atoms with Crippen LogP contribution in [-0.2, 0) is 0 Å². The molecule has 0 aliphatic rings. The molecule has 0 atom stereocenters. The highest BCUT2D eigenvalue weighted by molar-refractivity contribution is 7.16. The van der Waals surface area contributed by atoms with Gasteiger partial charge < -0.3 is 0 Å². The summed E-state index contributed by atoms with van der Waals surface area (Å²) in [5.41, 5.74) is 0. The summed E-state index contributed by atoms with van der Waals surface area (Å²) < 4.78 is 0. The molecule has 1 aromatic rings. The van der Waals surface area contributed by atoms with Crippen molar-refractivity contribution in [3.8, 4) is 0 Å². The van der Waals surface area contributed by atoms with Crippen molar-refractivity contribution in [3.05, 3.63) is 43.4 Å². The molecule has 0 amide bonds. The monoisotopic (exact) mass is 200 g/mol. The van der Waals surface area contributed by atoms with E-state index < -0.39 is 9.85 Å². The lowest BCUT2D eigenvalue weighted by Crippen LogP contribution is -1.81. The van der Waals surface area contributed by atoms with Crippen LogP contribution in [0.2, 0.25) is 0 Å². The predicted octanol–water partition coefficient (Wildman–Crippen LogP) is 1.90. The second kappa shape index (κ2) is 3.76. The van der Waals surface area contributed by atoms with Crippen LogP contribution in [-0.4, -0.2) is 9.85 Å². The molecular formula is C6H4N2O4S. The highest BCUT2D eigenvalue weighted by atomic mass is 32.1. The standard InChI is InChI=1S/C6H4N2O4S/c9-7(10)4-3-5-1-2-6(13-5)8(11)12/h1-4H/b4-3+. The fraction of sp³-hybridized carbons (Fsp3) is 0. The van der Waals surface area contributed by atoms with Crippen LogP contribution >= 0.6 is 11.3 Å². The van der Waals surface area contributed by atoms with E-state index >= 15 is 0 Å². The summed E-state index contributed by atoms with van der Waals surface area (Å²) >= 11 is 0.893. The third-order valence-electron chi connectivity index (χ3n) is 1.15. The average Bonchev–Trinajstić information content (AvgIpc) is 2.48. The molecule has 0 aliphatic carbocycles. The van der Waals surface area contributed by atoms with Gasteiger partial charge in [0.25, 0.3) is 0 Å². The zero-order chi connectivity index (χ0) is 9.84. The van der Waals surface area contributed by atoms with Gasteiger partial charge in [-0.3, -0.25) is 20.2 Å². The molecule has 0 N–H and O–H groups in total. The van der Waals surface area contributed by atoms with Gasteiger partial charge in [0.15, 0.2) is 0 Å². The fourth-order valence-electron chi connectivity index (χ4n) is 0.664. The molecule has 0 radical (unpaired) electrons. The van der Waals surface area contributed by atoms with Crippen LogP contribution in [0, 0.1) is 20.2 Å². The maximum absolute atomic E-state index is 10.2. The highest BCUT2D eigenvalue weighted by Gasteiger charge is 2.07. The molecule has 13 heavy (non-hydrogen) atoms. The predicted molar refractivity (Wildman–Crippen MR) is 47.0 cm³/mol. The van der Waals surface area contributed by atoms with Crippen molar-refractivity contribution in [2.45, 2.75) is 0 Å². The molecule has 0 bridgehead atoms. The van der Waals surface area contributed by atoms with Crippen molar-refractivity contribution in [2.24, 2.45) is 0 Å². The highest BCUT2D eigenvalue weighted by Crippen LogP contribution is 2.24. The van der Waals surface area contributed by atoms with Crippen LogP contribution < -0.4 is 0 Å². The first-order valence-corrected chi connectivity index (χ1v) is 3.97. The Labute approximate surface area is 76.4 Å². The van der Waals surface area contributed by atoms with Crippen LogP contribution in [0.5, 0.6) is 0 Å². The zero-order valence-electron chi connectivity index (χ0n) is 6.25. The Bertz CT molecular complexity index is 370. The molecule has 0 aromatic carbocycles. The summed E-state index contributed by atoms with van der Waals surface area (Å²) in [4.78, 5) is 19.4. The van der Waals surface area contributed by atoms with Crippen LogP contribution in [0.1, 0.15) is 4.88 Å². The van der Waals surface area contributed by atoms with Crippen molar-refractivity contribution < 1.29 is 9.85 Å². The Morgan fingerprint density at radius 1 is 1.31 bits per heavy atom. The first-order valence-electron chi connectivity index (χ1n) is 3.15. The molecule has 7 heteroatoms. The maximum atomic E-state index is 10.2. The SMILES string of the molecule is O=[N+]([O-])/C=C/c1ccc([N+](=O)[O-])s1. The molecule has 0 saturated carbocycles. The van der Waals surface area contributed by atoms with E-state index in [9.17, 15) is 20.2 Å². The molecule has 0 fully saturated rings. The topological polar surface area (TPSA) is 86.3 Å². The molecule has 68 valence electrons. The lowest BCUT2D eigenvalue weighted by atomic mass is 10.4. The number of hydrogen-bond acceptors (Lipinski definition) is 5. The van der Waals surface area contributed by atoms with Gasteiger partial charge in [0.2, 0.25) is 6.20 Å². The Balaban J connectivity index is 2.80. The van der Waals surface area contributed by atoms with Crippen molar-refractivity contribution in [1.82, 2.24) is 0 Å². The number of nitro groups is 2. The van der Waals surface area contributed by atoms with E-state index in [4.69, 9.17) is 0 Å². The number of hydrogen-bond donors (Lipinski definition) is 0. The molecule has 1 aromatic heterocycles. The van der Waals surface area contributed by atoms with Crippen molar-refractivity contribution in [3.63, 3.8) is 0 Å². The minimum atomic E-state index is -0.619. The third-order valence-corrected chi connectivity index (χ3v) is 2.16. The molecule has 0 unspecified atom stereocenters. The summed E-state index contributed by atoms with van der Waals surface area (Å²) in [5, 5.41) is 20.1. The van der Waals surface area contributed by atoms with E-state index in [1.165, 1.54) is 18.2 Å². The van der Waals surface area contributed by atoms with E-state index in [0.717, 1.165) is 17.5 Å². The van der Waals surface area contributed by atoms with Gasteiger partial charge in [-0.1, -0.05) is 11.3 Å². The summed E-state index contributed by atoms with van der Waals surface area (Å²) in [6.45, 7) is 0. The molecular weight excluding hydrogens is 196 g/mol. The van der Waals surface area contributed by atoms with Crippen molar-refractivity contribution >= 4 is 22.4 Å². The third kappa shape index (κ3) is 2.64. The Hall–Kier alpha value is -1.76. The smallest absolute Gasteiger partial charge is 0.259 e. The van der Waals surface area contributed by atoms with E-state index in [1.54, 1.807) is 0 Å². The van der Waals surface area contributed by atoms with E-state index in [0.29, 0.717) is 4.88 Å². The minimum Gasteiger partial charge on any atom is -0.259 e. The van der Waals surface area contributed by atoms with Gasteiger partial charge >= 0.3 is 5.00 Å². The van der Waals surface area contributed by atoms with E-state index in [-0.39, 0.29) is 5.00 Å². The number of thiophene rings is 1.